The third-order valence-electron chi connectivity index (χ3n) is 7.65. The van der Waals surface area contributed by atoms with Crippen LogP contribution < -0.4 is 14.2 Å². The van der Waals surface area contributed by atoms with Crippen LogP contribution in [0.15, 0.2) is 77.9 Å². The number of fused-ring (bicyclic) bond motifs is 4. The summed E-state index contributed by atoms with van der Waals surface area (Å²) in [6.07, 6.45) is 4.83. The fraction of sp³-hybridized carbons (Fsp3) is 0.345. The molecule has 0 aromatic heterocycles. The maximum Gasteiger partial charge on any atom is 0.198 e. The Kier molecular flexibility index (Phi) is 5.20. The molecule has 34 heavy (non-hydrogen) atoms. The van der Waals surface area contributed by atoms with Gasteiger partial charge in [0, 0.05) is 30.4 Å². The smallest absolute Gasteiger partial charge is 0.198 e. The summed E-state index contributed by atoms with van der Waals surface area (Å²) in [5.74, 6) is 3.09. The Labute approximate surface area is 201 Å². The number of methoxy groups -OCH3 is 2. The Balaban J connectivity index is 1.38. The summed E-state index contributed by atoms with van der Waals surface area (Å²) in [7, 11) is 3.42. The number of hydrogen-bond donors (Lipinski definition) is 0. The van der Waals surface area contributed by atoms with Gasteiger partial charge in [0.2, 0.25) is 0 Å². The molecule has 0 radical (unpaired) electrons. The highest BCUT2D eigenvalue weighted by Gasteiger charge is 2.52. The number of para-hydroxylation sites is 1. The van der Waals surface area contributed by atoms with Gasteiger partial charge in [0.25, 0.3) is 0 Å². The van der Waals surface area contributed by atoms with E-state index in [-0.39, 0.29) is 6.04 Å². The molecule has 0 N–H and O–H groups in total. The molecule has 6 rings (SSSR count). The minimum atomic E-state index is -0.460. The number of hydrazone groups is 1. The Morgan fingerprint density at radius 1 is 0.912 bits per heavy atom. The summed E-state index contributed by atoms with van der Waals surface area (Å²) >= 11 is 0. The first-order valence-electron chi connectivity index (χ1n) is 12.1. The Bertz CT molecular complexity index is 1220. The zero-order valence-electron chi connectivity index (χ0n) is 19.7. The number of benzene rings is 3. The van der Waals surface area contributed by atoms with E-state index in [1.807, 2.05) is 24.3 Å². The van der Waals surface area contributed by atoms with Crippen molar-refractivity contribution in [2.24, 2.45) is 5.10 Å². The first kappa shape index (κ1) is 21.1. The standard InChI is InChI=1S/C29H30N2O3/c1-32-23-11-6-10-22(18-23)25-19-26-24-12-7-13-27(33-2)28(24)34-29(31(26)30-25)16-14-21(15-17-29)20-8-4-3-5-9-20/h3-13,18,21,26H,14-17,19H2,1-2H3. The number of rotatable bonds is 4. The van der Waals surface area contributed by atoms with Crippen LogP contribution in [-0.2, 0) is 0 Å². The van der Waals surface area contributed by atoms with Crippen molar-refractivity contribution in [2.75, 3.05) is 14.2 Å². The summed E-state index contributed by atoms with van der Waals surface area (Å²) in [5.41, 5.74) is 4.29. The zero-order valence-corrected chi connectivity index (χ0v) is 19.7. The van der Waals surface area contributed by atoms with E-state index in [9.17, 15) is 0 Å². The molecule has 174 valence electrons. The lowest BCUT2D eigenvalue weighted by atomic mass is 9.78. The van der Waals surface area contributed by atoms with Crippen LogP contribution in [0.4, 0.5) is 0 Å². The van der Waals surface area contributed by atoms with Crippen molar-refractivity contribution in [2.45, 2.75) is 49.8 Å². The normalized spacial score (nSPS) is 25.2. The summed E-state index contributed by atoms with van der Waals surface area (Å²) in [5, 5.41) is 7.48. The van der Waals surface area contributed by atoms with Crippen molar-refractivity contribution in [3.8, 4) is 17.2 Å². The van der Waals surface area contributed by atoms with E-state index < -0.39 is 5.72 Å². The monoisotopic (exact) mass is 454 g/mol. The Morgan fingerprint density at radius 3 is 2.47 bits per heavy atom. The average Bonchev–Trinajstić information content (AvgIpc) is 3.37. The van der Waals surface area contributed by atoms with Gasteiger partial charge < -0.3 is 14.2 Å². The van der Waals surface area contributed by atoms with Gasteiger partial charge in [0.15, 0.2) is 17.2 Å². The lowest BCUT2D eigenvalue weighted by Gasteiger charge is -2.50. The molecule has 2 heterocycles. The summed E-state index contributed by atoms with van der Waals surface area (Å²) < 4.78 is 18.1. The van der Waals surface area contributed by atoms with Crippen LogP contribution in [0.1, 0.15) is 60.8 Å². The minimum Gasteiger partial charge on any atom is -0.497 e. The number of nitrogens with zero attached hydrogens (tertiary/aromatic N) is 2. The molecule has 5 heteroatoms. The van der Waals surface area contributed by atoms with Gasteiger partial charge in [0.05, 0.1) is 26.0 Å². The molecule has 1 spiro atoms. The van der Waals surface area contributed by atoms with Crippen molar-refractivity contribution < 1.29 is 14.2 Å². The van der Waals surface area contributed by atoms with Crippen LogP contribution >= 0.6 is 0 Å². The van der Waals surface area contributed by atoms with Crippen LogP contribution in [0, 0.1) is 0 Å². The lowest BCUT2D eigenvalue weighted by Crippen LogP contribution is -2.55. The van der Waals surface area contributed by atoms with E-state index in [2.05, 4.69) is 53.5 Å². The molecule has 5 nitrogen and oxygen atoms in total. The second-order valence-corrected chi connectivity index (χ2v) is 9.45. The number of ether oxygens (including phenoxy) is 3. The number of hydrogen-bond acceptors (Lipinski definition) is 5. The van der Waals surface area contributed by atoms with Gasteiger partial charge in [-0.05, 0) is 42.5 Å². The molecule has 3 aromatic carbocycles. The van der Waals surface area contributed by atoms with Gasteiger partial charge in [0.1, 0.15) is 5.75 Å². The van der Waals surface area contributed by atoms with E-state index in [0.717, 1.165) is 66.2 Å². The molecular weight excluding hydrogens is 424 g/mol. The Morgan fingerprint density at radius 2 is 1.71 bits per heavy atom. The van der Waals surface area contributed by atoms with E-state index >= 15 is 0 Å². The van der Waals surface area contributed by atoms with E-state index in [1.165, 1.54) is 5.56 Å². The molecule has 1 aliphatic carbocycles. The zero-order chi connectivity index (χ0) is 23.1. The highest BCUT2D eigenvalue weighted by atomic mass is 16.5. The van der Waals surface area contributed by atoms with Gasteiger partial charge >= 0.3 is 0 Å². The summed E-state index contributed by atoms with van der Waals surface area (Å²) in [4.78, 5) is 0. The first-order chi connectivity index (χ1) is 16.7. The van der Waals surface area contributed by atoms with Crippen molar-refractivity contribution in [3.63, 3.8) is 0 Å². The quantitative estimate of drug-likeness (QED) is 0.464. The maximum atomic E-state index is 6.88. The molecule has 0 saturated heterocycles. The third-order valence-corrected chi connectivity index (χ3v) is 7.65. The van der Waals surface area contributed by atoms with Crippen molar-refractivity contribution in [3.05, 3.63) is 89.5 Å². The van der Waals surface area contributed by atoms with E-state index in [4.69, 9.17) is 19.3 Å². The maximum absolute atomic E-state index is 6.88. The van der Waals surface area contributed by atoms with Crippen LogP contribution in [0.5, 0.6) is 17.2 Å². The molecule has 1 fully saturated rings. The van der Waals surface area contributed by atoms with Crippen LogP contribution in [0.2, 0.25) is 0 Å². The highest BCUT2D eigenvalue weighted by Crippen LogP contribution is 2.55. The van der Waals surface area contributed by atoms with Crippen LogP contribution in [0.25, 0.3) is 0 Å². The molecule has 0 amide bonds. The molecule has 1 unspecified atom stereocenters. The summed E-state index contributed by atoms with van der Waals surface area (Å²) in [6, 6.07) is 25.4. The van der Waals surface area contributed by atoms with Crippen LogP contribution in [-0.4, -0.2) is 30.7 Å². The van der Waals surface area contributed by atoms with Crippen molar-refractivity contribution in [1.29, 1.82) is 0 Å². The minimum absolute atomic E-state index is 0.133. The van der Waals surface area contributed by atoms with Gasteiger partial charge in [-0.2, -0.15) is 5.10 Å². The molecule has 2 aliphatic heterocycles. The molecule has 3 aromatic rings. The molecule has 1 saturated carbocycles. The van der Waals surface area contributed by atoms with Crippen molar-refractivity contribution >= 4 is 5.71 Å². The predicted octanol–water partition coefficient (Wildman–Crippen LogP) is 6.30. The molecular formula is C29H30N2O3. The fourth-order valence-corrected chi connectivity index (χ4v) is 5.87. The van der Waals surface area contributed by atoms with E-state index in [0.29, 0.717) is 5.92 Å². The van der Waals surface area contributed by atoms with Gasteiger partial charge in [-0.1, -0.05) is 54.6 Å². The first-order valence-corrected chi connectivity index (χ1v) is 12.1. The predicted molar refractivity (Wildman–Crippen MR) is 133 cm³/mol. The van der Waals surface area contributed by atoms with Crippen molar-refractivity contribution in [1.82, 2.24) is 5.01 Å². The Hall–Kier alpha value is -3.47. The second-order valence-electron chi connectivity index (χ2n) is 9.45. The molecule has 3 aliphatic rings. The second kappa shape index (κ2) is 8.39. The van der Waals surface area contributed by atoms with Gasteiger partial charge in [-0.25, -0.2) is 5.01 Å². The van der Waals surface area contributed by atoms with E-state index in [1.54, 1.807) is 14.2 Å². The fourth-order valence-electron chi connectivity index (χ4n) is 5.87. The average molecular weight is 455 g/mol. The van der Waals surface area contributed by atoms with Gasteiger partial charge in [-0.15, -0.1) is 0 Å². The molecule has 0 bridgehead atoms. The lowest BCUT2D eigenvalue weighted by molar-refractivity contribution is -0.143. The third kappa shape index (κ3) is 3.42. The largest absolute Gasteiger partial charge is 0.497 e. The SMILES string of the molecule is COc1cccc(C2=NN3C(C2)c2cccc(OC)c2OC32CCC(c3ccccc3)CC2)c1. The highest BCUT2D eigenvalue weighted by molar-refractivity contribution is 6.02. The van der Waals surface area contributed by atoms with Gasteiger partial charge in [-0.3, -0.25) is 0 Å². The summed E-state index contributed by atoms with van der Waals surface area (Å²) in [6.45, 7) is 0. The van der Waals surface area contributed by atoms with Crippen LogP contribution in [0.3, 0.4) is 0 Å². The topological polar surface area (TPSA) is 43.3 Å². The molecule has 1 atom stereocenters.